The smallest absolute Gasteiger partial charge is 0.317 e. The first-order valence-electron chi connectivity index (χ1n) is 8.69. The third-order valence-corrected chi connectivity index (χ3v) is 4.85. The van der Waals surface area contributed by atoms with E-state index in [0.29, 0.717) is 39.0 Å². The van der Waals surface area contributed by atoms with Crippen LogP contribution in [0.3, 0.4) is 0 Å². The Balaban J connectivity index is 1.74. The zero-order chi connectivity index (χ0) is 18.6. The van der Waals surface area contributed by atoms with Gasteiger partial charge in [-0.25, -0.2) is 0 Å². The largest absolute Gasteiger partial charge is 0.480 e. The number of piperazine rings is 1. The molecule has 0 aromatic rings. The number of amides is 3. The van der Waals surface area contributed by atoms with Gasteiger partial charge in [-0.05, 0) is 26.3 Å². The summed E-state index contributed by atoms with van der Waals surface area (Å²) in [4.78, 5) is 51.3. The van der Waals surface area contributed by atoms with E-state index in [1.165, 1.54) is 9.80 Å². The molecule has 2 rings (SSSR count). The van der Waals surface area contributed by atoms with Crippen LogP contribution >= 0.6 is 0 Å². The van der Waals surface area contributed by atoms with Crippen LogP contribution in [0.15, 0.2) is 0 Å². The van der Waals surface area contributed by atoms with Crippen molar-refractivity contribution in [3.8, 4) is 0 Å². The van der Waals surface area contributed by atoms with Gasteiger partial charge in [0.1, 0.15) is 6.54 Å². The maximum atomic E-state index is 12.1. The second kappa shape index (κ2) is 8.28. The number of carboxylic acid groups (broad SMARTS) is 1. The molecule has 9 heteroatoms. The van der Waals surface area contributed by atoms with Gasteiger partial charge in [-0.3, -0.25) is 24.1 Å². The topological polar surface area (TPSA) is 110 Å². The minimum absolute atomic E-state index is 0.000152. The van der Waals surface area contributed by atoms with Crippen molar-refractivity contribution in [3.05, 3.63) is 0 Å². The van der Waals surface area contributed by atoms with Crippen LogP contribution in [0.2, 0.25) is 0 Å². The van der Waals surface area contributed by atoms with E-state index in [9.17, 15) is 19.2 Å². The number of carbonyl (C=O) groups excluding carboxylic acids is 3. The van der Waals surface area contributed by atoms with E-state index in [1.54, 1.807) is 0 Å². The van der Waals surface area contributed by atoms with E-state index in [-0.39, 0.29) is 31.1 Å². The van der Waals surface area contributed by atoms with Crippen LogP contribution < -0.4 is 5.32 Å². The molecule has 1 saturated carbocycles. The predicted octanol–water partition coefficient (Wildman–Crippen LogP) is -1.27. The summed E-state index contributed by atoms with van der Waals surface area (Å²) >= 11 is 0. The highest BCUT2D eigenvalue weighted by atomic mass is 16.4. The summed E-state index contributed by atoms with van der Waals surface area (Å²) < 4.78 is 0. The minimum atomic E-state index is -0.858. The van der Waals surface area contributed by atoms with E-state index in [0.717, 1.165) is 0 Å². The molecule has 1 aliphatic carbocycles. The Morgan fingerprint density at radius 1 is 1.16 bits per heavy atom. The van der Waals surface area contributed by atoms with E-state index in [4.69, 9.17) is 5.11 Å². The number of nitrogens with zero attached hydrogens (tertiary/aromatic N) is 3. The van der Waals surface area contributed by atoms with Gasteiger partial charge >= 0.3 is 17.8 Å². The Hall–Kier alpha value is -2.16. The third-order valence-electron chi connectivity index (χ3n) is 4.85. The van der Waals surface area contributed by atoms with Crippen LogP contribution in [0, 0.1) is 0 Å². The summed E-state index contributed by atoms with van der Waals surface area (Å²) in [6.45, 7) is 5.55. The number of carbonyl (C=O) groups is 4. The van der Waals surface area contributed by atoms with Crippen LogP contribution in [0.1, 0.15) is 26.7 Å². The number of likely N-dealkylation sites (N-methyl/N-ethyl adjacent to an activating group) is 2. The number of hydrogen-bond acceptors (Lipinski definition) is 5. The number of hydrogen-bond donors (Lipinski definition) is 2. The number of nitrogens with one attached hydrogen (secondary N) is 1. The summed E-state index contributed by atoms with van der Waals surface area (Å²) in [5.41, 5.74) is 0. The Bertz CT molecular complexity index is 547. The Kier molecular flexibility index (Phi) is 6.35. The van der Waals surface area contributed by atoms with Gasteiger partial charge < -0.3 is 20.2 Å². The lowest BCUT2D eigenvalue weighted by atomic mass is 9.85. The molecule has 0 aromatic heterocycles. The minimum Gasteiger partial charge on any atom is -0.480 e. The normalized spacial score (nSPS) is 23.6. The molecule has 0 aromatic carbocycles. The summed E-state index contributed by atoms with van der Waals surface area (Å²) in [7, 11) is 0. The van der Waals surface area contributed by atoms with Crippen molar-refractivity contribution in [3.63, 3.8) is 0 Å². The fourth-order valence-corrected chi connectivity index (χ4v) is 3.29. The fourth-order valence-electron chi connectivity index (χ4n) is 3.29. The molecular formula is C16H26N4O5. The molecule has 2 fully saturated rings. The van der Waals surface area contributed by atoms with Crippen LogP contribution in [0.25, 0.3) is 0 Å². The van der Waals surface area contributed by atoms with Gasteiger partial charge in [0.05, 0.1) is 6.54 Å². The molecule has 2 aliphatic rings. The van der Waals surface area contributed by atoms with Crippen molar-refractivity contribution in [2.45, 2.75) is 38.8 Å². The summed E-state index contributed by atoms with van der Waals surface area (Å²) in [6, 6.07) is 0.144. The van der Waals surface area contributed by atoms with Crippen LogP contribution in [0.5, 0.6) is 0 Å². The van der Waals surface area contributed by atoms with Gasteiger partial charge in [-0.2, -0.15) is 0 Å². The lowest BCUT2D eigenvalue weighted by molar-refractivity contribution is -0.156. The molecule has 1 heterocycles. The second-order valence-corrected chi connectivity index (χ2v) is 6.46. The highest BCUT2D eigenvalue weighted by molar-refractivity contribution is 6.35. The van der Waals surface area contributed by atoms with Crippen molar-refractivity contribution < 1.29 is 24.3 Å². The van der Waals surface area contributed by atoms with Crippen molar-refractivity contribution >= 4 is 23.7 Å². The first-order chi connectivity index (χ1) is 11.8. The molecule has 0 unspecified atom stereocenters. The molecular weight excluding hydrogens is 328 g/mol. The molecule has 3 amide bonds. The summed E-state index contributed by atoms with van der Waals surface area (Å²) in [6.07, 6.45) is 1.40. The zero-order valence-electron chi connectivity index (χ0n) is 14.7. The SMILES string of the molecule is CCN1CCN(CC(=O)NC2CC(N(CC)CC(=O)O)C2)C(=O)C1=O. The Morgan fingerprint density at radius 3 is 2.32 bits per heavy atom. The van der Waals surface area contributed by atoms with Crippen molar-refractivity contribution in [1.29, 1.82) is 0 Å². The summed E-state index contributed by atoms with van der Waals surface area (Å²) in [5.74, 6) is -2.33. The number of carboxylic acids is 1. The van der Waals surface area contributed by atoms with Gasteiger partial charge in [-0.1, -0.05) is 6.92 Å². The monoisotopic (exact) mass is 354 g/mol. The first-order valence-corrected chi connectivity index (χ1v) is 8.69. The average molecular weight is 354 g/mol. The van der Waals surface area contributed by atoms with E-state index >= 15 is 0 Å². The Morgan fingerprint density at radius 2 is 1.76 bits per heavy atom. The molecule has 2 N–H and O–H groups in total. The second-order valence-electron chi connectivity index (χ2n) is 6.46. The van der Waals surface area contributed by atoms with Crippen molar-refractivity contribution in [2.24, 2.45) is 0 Å². The third kappa shape index (κ3) is 4.68. The fraction of sp³-hybridized carbons (Fsp3) is 0.750. The van der Waals surface area contributed by atoms with E-state index < -0.39 is 17.8 Å². The standard InChI is InChI=1S/C16H26N4O5/c1-3-18-5-6-20(16(25)15(18)24)9-13(21)17-11-7-12(8-11)19(4-2)10-14(22)23/h11-12H,3-10H2,1-2H3,(H,17,21)(H,22,23). The van der Waals surface area contributed by atoms with E-state index in [2.05, 4.69) is 5.32 Å². The molecule has 25 heavy (non-hydrogen) atoms. The molecule has 0 atom stereocenters. The number of rotatable bonds is 8. The lowest BCUT2D eigenvalue weighted by Gasteiger charge is -2.42. The Labute approximate surface area is 146 Å². The van der Waals surface area contributed by atoms with Crippen LogP contribution in [-0.4, -0.2) is 94.8 Å². The molecule has 140 valence electrons. The first kappa shape index (κ1) is 19.2. The molecule has 0 radical (unpaired) electrons. The summed E-state index contributed by atoms with van der Waals surface area (Å²) in [5, 5.41) is 11.7. The molecule has 0 spiro atoms. The molecule has 0 bridgehead atoms. The van der Waals surface area contributed by atoms with Gasteiger partial charge in [0.25, 0.3) is 0 Å². The van der Waals surface area contributed by atoms with Crippen LogP contribution in [0.4, 0.5) is 0 Å². The average Bonchev–Trinajstić information content (AvgIpc) is 2.53. The van der Waals surface area contributed by atoms with Crippen molar-refractivity contribution in [1.82, 2.24) is 20.0 Å². The van der Waals surface area contributed by atoms with E-state index in [1.807, 2.05) is 18.7 Å². The van der Waals surface area contributed by atoms with Gasteiger partial charge in [0.15, 0.2) is 0 Å². The maximum Gasteiger partial charge on any atom is 0.317 e. The molecule has 1 aliphatic heterocycles. The van der Waals surface area contributed by atoms with Crippen LogP contribution in [-0.2, 0) is 19.2 Å². The maximum absolute atomic E-state index is 12.1. The zero-order valence-corrected chi connectivity index (χ0v) is 14.7. The molecule has 9 nitrogen and oxygen atoms in total. The highest BCUT2D eigenvalue weighted by Gasteiger charge is 2.36. The highest BCUT2D eigenvalue weighted by Crippen LogP contribution is 2.25. The van der Waals surface area contributed by atoms with Crippen molar-refractivity contribution in [2.75, 3.05) is 39.3 Å². The van der Waals surface area contributed by atoms with Gasteiger partial charge in [0.2, 0.25) is 5.91 Å². The molecule has 1 saturated heterocycles. The lowest BCUT2D eigenvalue weighted by Crippen LogP contribution is -2.58. The quantitative estimate of drug-likeness (QED) is 0.526. The van der Waals surface area contributed by atoms with Gasteiger partial charge in [0, 0.05) is 31.7 Å². The number of aliphatic carboxylic acids is 1. The predicted molar refractivity (Wildman–Crippen MR) is 88.7 cm³/mol. The van der Waals surface area contributed by atoms with Gasteiger partial charge in [-0.15, -0.1) is 0 Å².